The maximum atomic E-state index is 12.6. The number of ether oxygens (including phenoxy) is 1. The van der Waals surface area contributed by atoms with Gasteiger partial charge in [0.25, 0.3) is 0 Å². The maximum Gasteiger partial charge on any atom is 0.411 e. The average molecular weight is 385 g/mol. The van der Waals surface area contributed by atoms with Crippen LogP contribution in [0.5, 0.6) is 0 Å². The Morgan fingerprint density at radius 1 is 1.04 bits per heavy atom. The van der Waals surface area contributed by atoms with Crippen LogP contribution >= 0.6 is 34.8 Å². The van der Waals surface area contributed by atoms with Crippen molar-refractivity contribution in [3.63, 3.8) is 0 Å². The van der Waals surface area contributed by atoms with Crippen LogP contribution in [0.25, 0.3) is 0 Å². The van der Waals surface area contributed by atoms with Gasteiger partial charge < -0.3 is 4.74 Å². The van der Waals surface area contributed by atoms with Crippen LogP contribution in [0, 0.1) is 0 Å². The molecule has 3 atom stereocenters. The van der Waals surface area contributed by atoms with E-state index in [0.717, 1.165) is 5.56 Å². The van der Waals surface area contributed by atoms with Gasteiger partial charge in [-0.3, -0.25) is 4.90 Å². The van der Waals surface area contributed by atoms with E-state index in [1.165, 1.54) is 0 Å². The Morgan fingerprint density at radius 2 is 1.58 bits per heavy atom. The number of carbonyl (C=O) groups excluding carboxylic acids is 1. The first-order chi connectivity index (χ1) is 11.4. The third-order valence-corrected chi connectivity index (χ3v) is 4.67. The second-order valence-corrected chi connectivity index (χ2v) is 8.09. The highest BCUT2D eigenvalue weighted by molar-refractivity contribution is 6.68. The molecule has 6 heteroatoms. The Labute approximate surface area is 156 Å². The standard InChI is InChI=1S/C18H16Cl3NO2/c1-12-15(13-8-4-2-5-9-13)22(12)17(23)24-16(18(19,20)21)14-10-6-3-7-11-14/h2-12,15-16H,1H3/t12-,15+,16-,22?/m1/s1. The van der Waals surface area contributed by atoms with Gasteiger partial charge in [-0.15, -0.1) is 0 Å². The van der Waals surface area contributed by atoms with Crippen molar-refractivity contribution in [1.82, 2.24) is 4.90 Å². The van der Waals surface area contributed by atoms with Crippen molar-refractivity contribution in [3.8, 4) is 0 Å². The van der Waals surface area contributed by atoms with Crippen LogP contribution in [-0.4, -0.2) is 20.8 Å². The van der Waals surface area contributed by atoms with Gasteiger partial charge >= 0.3 is 6.09 Å². The van der Waals surface area contributed by atoms with Crippen molar-refractivity contribution in [2.24, 2.45) is 0 Å². The first-order valence-electron chi connectivity index (χ1n) is 7.55. The Balaban J connectivity index is 1.76. The lowest BCUT2D eigenvalue weighted by atomic mass is 10.1. The summed E-state index contributed by atoms with van der Waals surface area (Å²) in [5.41, 5.74) is 1.70. The number of alkyl halides is 3. The van der Waals surface area contributed by atoms with E-state index in [1.807, 2.05) is 43.3 Å². The number of halogens is 3. The highest BCUT2D eigenvalue weighted by Gasteiger charge is 2.51. The number of hydrogen-bond acceptors (Lipinski definition) is 2. The molecule has 0 unspecified atom stereocenters. The molecule has 1 amide bonds. The Kier molecular flexibility index (Phi) is 4.95. The van der Waals surface area contributed by atoms with Crippen LogP contribution in [-0.2, 0) is 4.74 Å². The summed E-state index contributed by atoms with van der Waals surface area (Å²) < 4.78 is 3.79. The summed E-state index contributed by atoms with van der Waals surface area (Å²) in [6.45, 7) is 1.96. The van der Waals surface area contributed by atoms with Crippen LogP contribution in [0.2, 0.25) is 0 Å². The van der Waals surface area contributed by atoms with Crippen molar-refractivity contribution < 1.29 is 9.53 Å². The zero-order valence-corrected chi connectivity index (χ0v) is 15.2. The number of benzene rings is 2. The fraction of sp³-hybridized carbons (Fsp3) is 0.278. The molecule has 1 fully saturated rings. The third-order valence-electron chi connectivity index (χ3n) is 4.08. The predicted molar refractivity (Wildman–Crippen MR) is 96.4 cm³/mol. The van der Waals surface area contributed by atoms with Crippen molar-refractivity contribution >= 4 is 40.9 Å². The molecule has 0 aromatic heterocycles. The highest BCUT2D eigenvalue weighted by atomic mass is 35.6. The molecule has 0 bridgehead atoms. The summed E-state index contributed by atoms with van der Waals surface area (Å²) in [4.78, 5) is 14.2. The Morgan fingerprint density at radius 3 is 2.12 bits per heavy atom. The van der Waals surface area contributed by atoms with Gasteiger partial charge in [0.2, 0.25) is 3.79 Å². The summed E-state index contributed by atoms with van der Waals surface area (Å²) >= 11 is 18.1. The lowest BCUT2D eigenvalue weighted by molar-refractivity contribution is 0.0827. The zero-order chi connectivity index (χ0) is 17.3. The number of hydrogen-bond donors (Lipinski definition) is 0. The van der Waals surface area contributed by atoms with E-state index < -0.39 is 16.0 Å². The SMILES string of the molecule is C[C@@H]1[C@@H](c2ccccc2)N1C(=O)O[C@H](c1ccccc1)C(Cl)(Cl)Cl. The van der Waals surface area contributed by atoms with Crippen LogP contribution in [0.3, 0.4) is 0 Å². The van der Waals surface area contributed by atoms with E-state index in [1.54, 1.807) is 29.2 Å². The number of rotatable bonds is 3. The molecular weight excluding hydrogens is 369 g/mol. The summed E-state index contributed by atoms with van der Waals surface area (Å²) in [5.74, 6) is 0. The Hall–Kier alpha value is -1.42. The monoisotopic (exact) mass is 383 g/mol. The molecule has 2 aromatic carbocycles. The van der Waals surface area contributed by atoms with Gasteiger partial charge in [0, 0.05) is 0 Å². The van der Waals surface area contributed by atoms with Gasteiger partial charge in [-0.1, -0.05) is 95.5 Å². The van der Waals surface area contributed by atoms with E-state index in [0.29, 0.717) is 5.56 Å². The summed E-state index contributed by atoms with van der Waals surface area (Å²) in [5, 5.41) is 0. The van der Waals surface area contributed by atoms with E-state index >= 15 is 0 Å². The van der Waals surface area contributed by atoms with Gasteiger partial charge in [0.1, 0.15) is 0 Å². The number of amides is 1. The first-order valence-corrected chi connectivity index (χ1v) is 8.68. The van der Waals surface area contributed by atoms with Crippen molar-refractivity contribution in [2.75, 3.05) is 0 Å². The van der Waals surface area contributed by atoms with Gasteiger partial charge in [-0.2, -0.15) is 0 Å². The molecule has 0 aliphatic carbocycles. The topological polar surface area (TPSA) is 29.3 Å². The van der Waals surface area contributed by atoms with Crippen LogP contribution in [0.1, 0.15) is 30.2 Å². The fourth-order valence-corrected chi connectivity index (χ4v) is 3.34. The zero-order valence-electron chi connectivity index (χ0n) is 12.9. The minimum absolute atomic E-state index is 0.00880. The molecule has 1 saturated heterocycles. The van der Waals surface area contributed by atoms with Crippen molar-refractivity contribution in [3.05, 3.63) is 71.8 Å². The lowest BCUT2D eigenvalue weighted by Gasteiger charge is -2.25. The van der Waals surface area contributed by atoms with E-state index in [9.17, 15) is 4.79 Å². The van der Waals surface area contributed by atoms with E-state index in [-0.39, 0.29) is 12.1 Å². The molecule has 3 nitrogen and oxygen atoms in total. The minimum Gasteiger partial charge on any atom is -0.437 e. The second-order valence-electron chi connectivity index (χ2n) is 5.72. The highest BCUT2D eigenvalue weighted by Crippen LogP contribution is 2.47. The molecule has 1 aliphatic heterocycles. The molecule has 0 spiro atoms. The number of nitrogens with zero attached hydrogens (tertiary/aromatic N) is 1. The smallest absolute Gasteiger partial charge is 0.411 e. The maximum absolute atomic E-state index is 12.6. The fourth-order valence-electron chi connectivity index (χ4n) is 2.83. The van der Waals surface area contributed by atoms with Crippen LogP contribution in [0.4, 0.5) is 4.79 Å². The van der Waals surface area contributed by atoms with Crippen LogP contribution < -0.4 is 0 Å². The molecular formula is C18H16Cl3NO2. The first kappa shape index (κ1) is 17.4. The van der Waals surface area contributed by atoms with Crippen molar-refractivity contribution in [1.29, 1.82) is 0 Å². The summed E-state index contributed by atoms with van der Waals surface area (Å²) in [6.07, 6.45) is -1.46. The lowest BCUT2D eigenvalue weighted by Crippen LogP contribution is -2.26. The van der Waals surface area contributed by atoms with Gasteiger partial charge in [0.15, 0.2) is 6.10 Å². The molecule has 2 aromatic rings. The minimum atomic E-state index is -1.75. The normalized spacial score (nSPS) is 21.2. The Bertz CT molecular complexity index is 703. The summed E-state index contributed by atoms with van der Waals surface area (Å²) in [6, 6.07) is 18.8. The van der Waals surface area contributed by atoms with Crippen LogP contribution in [0.15, 0.2) is 60.7 Å². The average Bonchev–Trinajstić information content (AvgIpc) is 3.24. The van der Waals surface area contributed by atoms with Gasteiger partial charge in [0.05, 0.1) is 12.1 Å². The predicted octanol–water partition coefficient (Wildman–Crippen LogP) is 5.68. The molecule has 0 N–H and O–H groups in total. The molecule has 3 rings (SSSR count). The molecule has 0 radical (unpaired) electrons. The van der Waals surface area contributed by atoms with E-state index in [2.05, 4.69) is 0 Å². The molecule has 1 heterocycles. The van der Waals surface area contributed by atoms with Gasteiger partial charge in [-0.25, -0.2) is 4.79 Å². The molecule has 126 valence electrons. The molecule has 1 aliphatic rings. The van der Waals surface area contributed by atoms with Crippen molar-refractivity contribution in [2.45, 2.75) is 28.9 Å². The molecule has 24 heavy (non-hydrogen) atoms. The number of carbonyl (C=O) groups is 1. The summed E-state index contributed by atoms with van der Waals surface area (Å²) in [7, 11) is 0. The molecule has 0 saturated carbocycles. The largest absolute Gasteiger partial charge is 0.437 e. The second kappa shape index (κ2) is 6.83. The van der Waals surface area contributed by atoms with Gasteiger partial charge in [-0.05, 0) is 18.1 Å². The quantitative estimate of drug-likeness (QED) is 0.503. The van der Waals surface area contributed by atoms with E-state index in [4.69, 9.17) is 39.5 Å². The third kappa shape index (κ3) is 3.64.